The fraction of sp³-hybridized carbons (Fsp3) is 0.840. The molecule has 0 bridgehead atoms. The zero-order valence-electron chi connectivity index (χ0n) is 20.2. The van der Waals surface area contributed by atoms with Crippen molar-refractivity contribution in [2.45, 2.75) is 86.5 Å². The summed E-state index contributed by atoms with van der Waals surface area (Å²) < 4.78 is 0. The zero-order chi connectivity index (χ0) is 22.2. The van der Waals surface area contributed by atoms with E-state index in [1.165, 1.54) is 5.57 Å². The largest absolute Gasteiger partial charge is 0.345 e. The fourth-order valence-electron chi connectivity index (χ4n) is 4.89. The van der Waals surface area contributed by atoms with E-state index < -0.39 is 0 Å². The van der Waals surface area contributed by atoms with Gasteiger partial charge in [-0.1, -0.05) is 53.7 Å². The summed E-state index contributed by atoms with van der Waals surface area (Å²) in [4.78, 5) is 29.8. The van der Waals surface area contributed by atoms with Crippen molar-refractivity contribution in [2.24, 2.45) is 23.2 Å². The minimum absolute atomic E-state index is 0.254. The number of rotatable bonds is 11. The van der Waals surface area contributed by atoms with E-state index in [0.29, 0.717) is 24.2 Å². The molecule has 4 heteroatoms. The number of amides is 2. The monoisotopic (exact) mass is 406 g/mol. The predicted octanol–water partition coefficient (Wildman–Crippen LogP) is 5.53. The molecule has 0 heterocycles. The van der Waals surface area contributed by atoms with Gasteiger partial charge in [0, 0.05) is 33.1 Å². The van der Waals surface area contributed by atoms with Gasteiger partial charge in [-0.05, 0) is 56.3 Å². The minimum Gasteiger partial charge on any atom is -0.345 e. The molecule has 0 spiro atoms. The zero-order valence-corrected chi connectivity index (χ0v) is 20.2. The molecule has 1 aliphatic rings. The van der Waals surface area contributed by atoms with Gasteiger partial charge in [0.15, 0.2) is 0 Å². The van der Waals surface area contributed by atoms with Gasteiger partial charge in [0.05, 0.1) is 5.41 Å². The minimum atomic E-state index is -0.273. The van der Waals surface area contributed by atoms with E-state index in [-0.39, 0.29) is 17.2 Å². The van der Waals surface area contributed by atoms with E-state index in [9.17, 15) is 9.59 Å². The van der Waals surface area contributed by atoms with Gasteiger partial charge in [0.25, 0.3) is 0 Å². The van der Waals surface area contributed by atoms with Gasteiger partial charge < -0.3 is 9.80 Å². The maximum absolute atomic E-state index is 13.2. The lowest BCUT2D eigenvalue weighted by Gasteiger charge is -2.41. The molecule has 0 radical (unpaired) electrons. The first kappa shape index (κ1) is 25.7. The highest BCUT2D eigenvalue weighted by Gasteiger charge is 2.42. The van der Waals surface area contributed by atoms with Crippen LogP contribution in [0.3, 0.4) is 0 Å². The molecule has 0 aromatic rings. The van der Waals surface area contributed by atoms with Crippen molar-refractivity contribution in [1.82, 2.24) is 9.80 Å². The summed E-state index contributed by atoms with van der Waals surface area (Å²) in [5, 5.41) is 0. The first-order valence-corrected chi connectivity index (χ1v) is 11.7. The van der Waals surface area contributed by atoms with Crippen molar-refractivity contribution in [2.75, 3.05) is 26.7 Å². The van der Waals surface area contributed by atoms with Crippen LogP contribution in [0.2, 0.25) is 0 Å². The Balaban J connectivity index is 2.52. The molecular weight excluding hydrogens is 360 g/mol. The van der Waals surface area contributed by atoms with Crippen LogP contribution in [0, 0.1) is 23.2 Å². The number of allylic oxidation sites excluding steroid dienone is 1. The molecule has 29 heavy (non-hydrogen) atoms. The number of hydrogen-bond acceptors (Lipinski definition) is 2. The van der Waals surface area contributed by atoms with Crippen LogP contribution in [0.4, 0.5) is 0 Å². The summed E-state index contributed by atoms with van der Waals surface area (Å²) in [6, 6.07) is 0. The molecular formula is C25H46N2O2. The highest BCUT2D eigenvalue weighted by atomic mass is 16.2. The average molecular weight is 407 g/mol. The maximum Gasteiger partial charge on any atom is 0.228 e. The molecule has 4 nitrogen and oxygen atoms in total. The fourth-order valence-corrected chi connectivity index (χ4v) is 4.89. The third-order valence-electron chi connectivity index (χ3n) is 6.10. The molecule has 1 rings (SSSR count). The normalized spacial score (nSPS) is 22.2. The van der Waals surface area contributed by atoms with Crippen LogP contribution in [-0.2, 0) is 9.59 Å². The van der Waals surface area contributed by atoms with E-state index in [1.807, 2.05) is 16.8 Å². The molecule has 0 aromatic heterocycles. The van der Waals surface area contributed by atoms with Crippen LogP contribution < -0.4 is 0 Å². The van der Waals surface area contributed by atoms with Crippen LogP contribution in [0.1, 0.15) is 86.5 Å². The topological polar surface area (TPSA) is 40.6 Å². The van der Waals surface area contributed by atoms with Gasteiger partial charge >= 0.3 is 0 Å². The van der Waals surface area contributed by atoms with Crippen molar-refractivity contribution in [3.05, 3.63) is 12.2 Å². The molecule has 2 unspecified atom stereocenters. The summed E-state index contributed by atoms with van der Waals surface area (Å²) in [6.45, 7) is 19.6. The first-order chi connectivity index (χ1) is 13.5. The Bertz CT molecular complexity index is 545. The van der Waals surface area contributed by atoms with Gasteiger partial charge in [-0.3, -0.25) is 9.59 Å². The van der Waals surface area contributed by atoms with Crippen LogP contribution >= 0.6 is 0 Å². The molecule has 168 valence electrons. The standard InChI is InChI=1S/C25H46N2O2/c1-9-25(15-21(6)14-22(7)16-25)24(29)26(8)13-11-10-12-23(28)27(17-19(2)3)18-20(4)5/h19-20,22H,6,9-18H2,1-5,7-8H3. The summed E-state index contributed by atoms with van der Waals surface area (Å²) in [5.41, 5.74) is 0.943. The third kappa shape index (κ3) is 8.14. The number of unbranched alkanes of at least 4 members (excludes halogenated alkanes) is 1. The number of carbonyl (C=O) groups is 2. The number of carbonyl (C=O) groups excluding carboxylic acids is 2. The molecule has 1 saturated carbocycles. The van der Waals surface area contributed by atoms with Crippen molar-refractivity contribution in [1.29, 1.82) is 0 Å². The lowest BCUT2D eigenvalue weighted by atomic mass is 9.66. The van der Waals surface area contributed by atoms with E-state index in [2.05, 4.69) is 48.1 Å². The second-order valence-electron chi connectivity index (χ2n) is 10.3. The van der Waals surface area contributed by atoms with Crippen LogP contribution in [-0.4, -0.2) is 48.3 Å². The average Bonchev–Trinajstić information content (AvgIpc) is 2.61. The molecule has 2 atom stereocenters. The predicted molar refractivity (Wildman–Crippen MR) is 123 cm³/mol. The Morgan fingerprint density at radius 2 is 1.72 bits per heavy atom. The van der Waals surface area contributed by atoms with Crippen molar-refractivity contribution < 1.29 is 9.59 Å². The van der Waals surface area contributed by atoms with Crippen LogP contribution in [0.25, 0.3) is 0 Å². The van der Waals surface area contributed by atoms with Crippen molar-refractivity contribution >= 4 is 11.8 Å². The molecule has 0 saturated heterocycles. The van der Waals surface area contributed by atoms with E-state index in [4.69, 9.17) is 0 Å². The van der Waals surface area contributed by atoms with Gasteiger partial charge in [-0.25, -0.2) is 0 Å². The van der Waals surface area contributed by atoms with Gasteiger partial charge in [0.1, 0.15) is 0 Å². The lowest BCUT2D eigenvalue weighted by molar-refractivity contribution is -0.143. The Morgan fingerprint density at radius 3 is 2.21 bits per heavy atom. The Morgan fingerprint density at radius 1 is 1.14 bits per heavy atom. The first-order valence-electron chi connectivity index (χ1n) is 11.7. The second kappa shape index (κ2) is 11.8. The summed E-state index contributed by atoms with van der Waals surface area (Å²) in [5.74, 6) is 2.02. The SMILES string of the molecule is C=C1CC(C)CC(CC)(C(=O)N(C)CCCCC(=O)N(CC(C)C)CC(C)C)C1. The van der Waals surface area contributed by atoms with Crippen LogP contribution in [0.5, 0.6) is 0 Å². The number of hydrogen-bond donors (Lipinski definition) is 0. The molecule has 0 aliphatic heterocycles. The van der Waals surface area contributed by atoms with Crippen molar-refractivity contribution in [3.63, 3.8) is 0 Å². The molecule has 0 N–H and O–H groups in total. The molecule has 1 aliphatic carbocycles. The van der Waals surface area contributed by atoms with Crippen molar-refractivity contribution in [3.8, 4) is 0 Å². The Hall–Kier alpha value is -1.32. The van der Waals surface area contributed by atoms with E-state index in [1.54, 1.807) is 0 Å². The van der Waals surface area contributed by atoms with Gasteiger partial charge in [-0.2, -0.15) is 0 Å². The maximum atomic E-state index is 13.2. The van der Waals surface area contributed by atoms with Gasteiger partial charge in [-0.15, -0.1) is 0 Å². The summed E-state index contributed by atoms with van der Waals surface area (Å²) in [6.07, 6.45) is 6.00. The Kier molecular flexibility index (Phi) is 10.4. The summed E-state index contributed by atoms with van der Waals surface area (Å²) in [7, 11) is 1.92. The molecule has 2 amide bonds. The third-order valence-corrected chi connectivity index (χ3v) is 6.10. The Labute approximate surface area is 180 Å². The second-order valence-corrected chi connectivity index (χ2v) is 10.3. The number of nitrogens with zero attached hydrogens (tertiary/aromatic N) is 2. The molecule has 1 fully saturated rings. The lowest BCUT2D eigenvalue weighted by Crippen LogP contribution is -2.45. The van der Waals surface area contributed by atoms with Crippen LogP contribution in [0.15, 0.2) is 12.2 Å². The van der Waals surface area contributed by atoms with Gasteiger partial charge in [0.2, 0.25) is 11.8 Å². The quantitative estimate of drug-likeness (QED) is 0.334. The highest BCUT2D eigenvalue weighted by Crippen LogP contribution is 2.45. The molecule has 0 aromatic carbocycles. The summed E-state index contributed by atoms with van der Waals surface area (Å²) >= 11 is 0. The van der Waals surface area contributed by atoms with E-state index >= 15 is 0 Å². The smallest absolute Gasteiger partial charge is 0.228 e. The highest BCUT2D eigenvalue weighted by molar-refractivity contribution is 5.83. The van der Waals surface area contributed by atoms with E-state index in [0.717, 1.165) is 58.2 Å².